The van der Waals surface area contributed by atoms with Crippen molar-refractivity contribution in [1.29, 1.82) is 0 Å². The molecule has 0 aliphatic carbocycles. The van der Waals surface area contributed by atoms with Crippen LogP contribution in [0.4, 0.5) is 0 Å². The highest BCUT2D eigenvalue weighted by molar-refractivity contribution is 5.80. The average Bonchev–Trinajstić information content (AvgIpc) is 2.93. The van der Waals surface area contributed by atoms with E-state index in [0.29, 0.717) is 6.42 Å². The molecule has 2 atom stereocenters. The lowest BCUT2D eigenvalue weighted by Crippen LogP contribution is -2.41. The van der Waals surface area contributed by atoms with Crippen molar-refractivity contribution in [3.05, 3.63) is 0 Å². The molecule has 7 heteroatoms. The average molecular weight is 270 g/mol. The molecule has 0 aromatic heterocycles. The first kappa shape index (κ1) is 14.1. The first-order valence-corrected chi connectivity index (χ1v) is 6.91. The highest BCUT2D eigenvalue weighted by Crippen LogP contribution is 2.19. The van der Waals surface area contributed by atoms with Gasteiger partial charge in [-0.15, -0.1) is 0 Å². The number of nitrogens with one attached hydrogen (secondary N) is 3. The van der Waals surface area contributed by atoms with Crippen molar-refractivity contribution in [2.45, 2.75) is 31.8 Å². The molecule has 0 radical (unpaired) electrons. The molecule has 1 fully saturated rings. The Morgan fingerprint density at radius 3 is 3.11 bits per heavy atom. The second kappa shape index (κ2) is 7.30. The summed E-state index contributed by atoms with van der Waals surface area (Å²) >= 11 is 0. The van der Waals surface area contributed by atoms with Gasteiger partial charge >= 0.3 is 5.97 Å². The summed E-state index contributed by atoms with van der Waals surface area (Å²) in [6.07, 6.45) is 3.03. The number of aliphatic imine (C=N–C) groups is 1. The number of carbonyl (C=O) groups is 1. The van der Waals surface area contributed by atoms with Crippen molar-refractivity contribution in [1.82, 2.24) is 16.1 Å². The van der Waals surface area contributed by atoms with Gasteiger partial charge in [-0.2, -0.15) is 0 Å². The summed E-state index contributed by atoms with van der Waals surface area (Å²) in [6.45, 7) is 3.27. The number of carboxylic acid groups (broad SMARTS) is 1. The Hall–Kier alpha value is -1.34. The smallest absolute Gasteiger partial charge is 0.309 e. The Labute approximate surface area is 112 Å². The van der Waals surface area contributed by atoms with Gasteiger partial charge in [-0.05, 0) is 25.7 Å². The lowest BCUT2D eigenvalue weighted by Gasteiger charge is -2.19. The van der Waals surface area contributed by atoms with E-state index in [1.54, 1.807) is 0 Å². The van der Waals surface area contributed by atoms with E-state index in [1.807, 2.05) is 0 Å². The fourth-order valence-corrected chi connectivity index (χ4v) is 2.36. The summed E-state index contributed by atoms with van der Waals surface area (Å²) in [4.78, 5) is 20.8. The number of nitrogens with zero attached hydrogens (tertiary/aromatic N) is 1. The Bertz CT molecular complexity index is 329. The Morgan fingerprint density at radius 1 is 1.58 bits per heavy atom. The summed E-state index contributed by atoms with van der Waals surface area (Å²) in [5.41, 5.74) is 2.74. The van der Waals surface area contributed by atoms with Gasteiger partial charge in [-0.1, -0.05) is 0 Å². The van der Waals surface area contributed by atoms with Gasteiger partial charge in [0.15, 0.2) is 5.96 Å². The largest absolute Gasteiger partial charge is 0.481 e. The van der Waals surface area contributed by atoms with Crippen LogP contribution in [0, 0.1) is 5.92 Å². The third-order valence-corrected chi connectivity index (χ3v) is 3.41. The van der Waals surface area contributed by atoms with E-state index in [2.05, 4.69) is 21.1 Å². The van der Waals surface area contributed by atoms with Crippen LogP contribution >= 0.6 is 0 Å². The summed E-state index contributed by atoms with van der Waals surface area (Å²) in [5, 5.41) is 15.6. The molecule has 2 aliphatic rings. The number of guanidine groups is 1. The minimum atomic E-state index is -0.776. The fraction of sp³-hybridized carbons (Fsp3) is 0.833. The van der Waals surface area contributed by atoms with Crippen LogP contribution in [-0.4, -0.2) is 49.3 Å². The van der Waals surface area contributed by atoms with Crippen LogP contribution in [0.2, 0.25) is 0 Å². The molecular formula is C12H22N4O3. The molecule has 0 aromatic carbocycles. The second-order valence-electron chi connectivity index (χ2n) is 4.86. The van der Waals surface area contributed by atoms with Crippen LogP contribution in [-0.2, 0) is 9.63 Å². The lowest BCUT2D eigenvalue weighted by molar-refractivity contribution is -0.148. The fourth-order valence-electron chi connectivity index (χ4n) is 2.36. The minimum Gasteiger partial charge on any atom is -0.481 e. The zero-order valence-corrected chi connectivity index (χ0v) is 11.0. The molecule has 0 spiro atoms. The van der Waals surface area contributed by atoms with Crippen molar-refractivity contribution in [3.8, 4) is 0 Å². The molecule has 1 saturated heterocycles. The van der Waals surface area contributed by atoms with Gasteiger partial charge in [0.2, 0.25) is 0 Å². The van der Waals surface area contributed by atoms with Crippen LogP contribution in [0.3, 0.4) is 0 Å². The summed E-state index contributed by atoms with van der Waals surface area (Å²) in [6, 6.07) is 0. The normalized spacial score (nSPS) is 24.4. The summed E-state index contributed by atoms with van der Waals surface area (Å²) in [7, 11) is 0. The van der Waals surface area contributed by atoms with Gasteiger partial charge in [0.25, 0.3) is 0 Å². The van der Waals surface area contributed by atoms with Crippen LogP contribution in [0.15, 0.2) is 4.99 Å². The Kier molecular flexibility index (Phi) is 5.41. The molecule has 0 amide bonds. The van der Waals surface area contributed by atoms with E-state index < -0.39 is 11.9 Å². The Morgan fingerprint density at radius 2 is 2.47 bits per heavy atom. The van der Waals surface area contributed by atoms with Crippen LogP contribution in [0.25, 0.3) is 0 Å². The minimum absolute atomic E-state index is 0.206. The summed E-state index contributed by atoms with van der Waals surface area (Å²) in [5.74, 6) is -0.378. The SMILES string of the molecule is O=C(O)C(CCCNC1=NCCCN1)C1CCNO1. The molecule has 108 valence electrons. The molecule has 2 heterocycles. The van der Waals surface area contributed by atoms with Crippen molar-refractivity contribution < 1.29 is 14.7 Å². The first-order chi connectivity index (χ1) is 9.27. The van der Waals surface area contributed by atoms with Crippen LogP contribution in [0.5, 0.6) is 0 Å². The molecular weight excluding hydrogens is 248 g/mol. The van der Waals surface area contributed by atoms with Gasteiger partial charge in [0, 0.05) is 26.2 Å². The topological polar surface area (TPSA) is 95.0 Å². The third-order valence-electron chi connectivity index (χ3n) is 3.41. The van der Waals surface area contributed by atoms with E-state index >= 15 is 0 Å². The van der Waals surface area contributed by atoms with E-state index in [1.165, 1.54) is 0 Å². The quantitative estimate of drug-likeness (QED) is 0.495. The van der Waals surface area contributed by atoms with Crippen molar-refractivity contribution in [2.24, 2.45) is 10.9 Å². The number of rotatable bonds is 6. The highest BCUT2D eigenvalue weighted by Gasteiger charge is 2.31. The Balaban J connectivity index is 1.67. The molecule has 4 N–H and O–H groups in total. The lowest BCUT2D eigenvalue weighted by atomic mass is 9.95. The standard InChI is InChI=1S/C12H22N4O3/c17-11(18)9(10-4-8-16-19-10)3-1-5-13-12-14-6-2-7-15-12/h9-10,16H,1-8H2,(H,17,18)(H2,13,14,15). The van der Waals surface area contributed by atoms with Gasteiger partial charge in [0.1, 0.15) is 0 Å². The number of hydroxylamine groups is 1. The van der Waals surface area contributed by atoms with E-state index in [4.69, 9.17) is 4.84 Å². The molecule has 7 nitrogen and oxygen atoms in total. The van der Waals surface area contributed by atoms with Crippen LogP contribution in [0.1, 0.15) is 25.7 Å². The predicted octanol–water partition coefficient (Wildman–Crippen LogP) is -0.300. The van der Waals surface area contributed by atoms with E-state index in [-0.39, 0.29) is 6.10 Å². The maximum atomic E-state index is 11.2. The van der Waals surface area contributed by atoms with Gasteiger partial charge in [-0.3, -0.25) is 14.6 Å². The van der Waals surface area contributed by atoms with Crippen molar-refractivity contribution in [2.75, 3.05) is 26.2 Å². The van der Waals surface area contributed by atoms with E-state index in [9.17, 15) is 9.90 Å². The first-order valence-electron chi connectivity index (χ1n) is 6.91. The monoisotopic (exact) mass is 270 g/mol. The zero-order valence-electron chi connectivity index (χ0n) is 11.0. The number of hydrogen-bond donors (Lipinski definition) is 4. The van der Waals surface area contributed by atoms with E-state index in [0.717, 1.165) is 51.4 Å². The predicted molar refractivity (Wildman–Crippen MR) is 70.8 cm³/mol. The zero-order chi connectivity index (χ0) is 13.5. The molecule has 2 aliphatic heterocycles. The number of hydrogen-bond acceptors (Lipinski definition) is 6. The molecule has 19 heavy (non-hydrogen) atoms. The molecule has 2 unspecified atom stereocenters. The molecule has 0 aromatic rings. The van der Waals surface area contributed by atoms with Gasteiger partial charge < -0.3 is 15.7 Å². The van der Waals surface area contributed by atoms with Crippen LogP contribution < -0.4 is 16.1 Å². The third kappa shape index (κ3) is 4.36. The highest BCUT2D eigenvalue weighted by atomic mass is 16.7. The van der Waals surface area contributed by atoms with Crippen molar-refractivity contribution in [3.63, 3.8) is 0 Å². The van der Waals surface area contributed by atoms with Crippen molar-refractivity contribution >= 4 is 11.9 Å². The maximum absolute atomic E-state index is 11.2. The maximum Gasteiger partial charge on any atom is 0.309 e. The summed E-state index contributed by atoms with van der Waals surface area (Å²) < 4.78 is 0. The number of carboxylic acids is 1. The second-order valence-corrected chi connectivity index (χ2v) is 4.86. The van der Waals surface area contributed by atoms with Gasteiger partial charge in [0.05, 0.1) is 12.0 Å². The van der Waals surface area contributed by atoms with Gasteiger partial charge in [-0.25, -0.2) is 5.48 Å². The molecule has 0 bridgehead atoms. The molecule has 2 rings (SSSR count). The molecule has 0 saturated carbocycles. The number of aliphatic carboxylic acids is 1.